The fraction of sp³-hybridized carbons (Fsp3) is 0.333. The van der Waals surface area contributed by atoms with Crippen LogP contribution in [0.2, 0.25) is 0 Å². The second-order valence-electron chi connectivity index (χ2n) is 10.9. The third-order valence-corrected chi connectivity index (χ3v) is 6.83. The van der Waals surface area contributed by atoms with Gasteiger partial charge in [-0.2, -0.15) is 0 Å². The average molecular weight is 528 g/mol. The van der Waals surface area contributed by atoms with Gasteiger partial charge >= 0.3 is 12.1 Å². The second kappa shape index (κ2) is 11.9. The largest absolute Gasteiger partial charge is 0.450 e. The van der Waals surface area contributed by atoms with E-state index in [4.69, 9.17) is 9.47 Å². The minimum absolute atomic E-state index is 0.273. The molecule has 3 aromatic carbocycles. The summed E-state index contributed by atoms with van der Waals surface area (Å²) < 4.78 is 11.7. The van der Waals surface area contributed by atoms with E-state index in [0.717, 1.165) is 12.8 Å². The van der Waals surface area contributed by atoms with Gasteiger partial charge in [-0.05, 0) is 57.2 Å². The molecule has 0 unspecified atom stereocenters. The van der Waals surface area contributed by atoms with Gasteiger partial charge in [-0.25, -0.2) is 9.59 Å². The molecule has 1 aliphatic heterocycles. The van der Waals surface area contributed by atoms with Gasteiger partial charge in [0.05, 0.1) is 6.04 Å². The molecule has 4 rings (SSSR count). The predicted molar refractivity (Wildman–Crippen MR) is 151 cm³/mol. The predicted octanol–water partition coefficient (Wildman–Crippen LogP) is 6.55. The molecule has 1 N–H and O–H groups in total. The summed E-state index contributed by atoms with van der Waals surface area (Å²) in [7, 11) is 0. The highest BCUT2D eigenvalue weighted by molar-refractivity contribution is 5.88. The van der Waals surface area contributed by atoms with Gasteiger partial charge in [0.1, 0.15) is 5.60 Å². The van der Waals surface area contributed by atoms with E-state index < -0.39 is 29.4 Å². The molecule has 0 saturated carbocycles. The first kappa shape index (κ1) is 28.1. The summed E-state index contributed by atoms with van der Waals surface area (Å²) in [6.45, 7) is 7.74. The molecule has 2 atom stereocenters. The molecule has 1 heterocycles. The first-order valence-corrected chi connectivity index (χ1v) is 13.4. The Morgan fingerprint density at radius 3 is 1.92 bits per heavy atom. The minimum Gasteiger partial charge on any atom is -0.450 e. The number of amides is 1. The van der Waals surface area contributed by atoms with Crippen molar-refractivity contribution in [2.24, 2.45) is 0 Å². The fourth-order valence-corrected chi connectivity index (χ4v) is 4.95. The lowest BCUT2D eigenvalue weighted by molar-refractivity contribution is -0.158. The number of benzene rings is 3. The number of carbonyl (C=O) groups excluding carboxylic acids is 2. The Hall–Kier alpha value is -3.90. The summed E-state index contributed by atoms with van der Waals surface area (Å²) in [5, 5.41) is 12.4. The van der Waals surface area contributed by atoms with Crippen LogP contribution in [-0.2, 0) is 19.9 Å². The maximum absolute atomic E-state index is 13.6. The van der Waals surface area contributed by atoms with Crippen molar-refractivity contribution in [1.29, 1.82) is 0 Å². The van der Waals surface area contributed by atoms with E-state index in [1.807, 2.05) is 112 Å². The number of ether oxygens (including phenoxy) is 2. The highest BCUT2D eigenvalue weighted by atomic mass is 16.6. The standard InChI is InChI=1S/C33H37NO5/c1-24(23-28-21-14-22-34(28)31(36)39-32(2,3)4)30(35)38-29(25-15-8-5-9-16-25)33(37,26-17-10-6-11-18-26)27-19-12-7-13-20-27/h5-13,15-20,23,28-29,37H,14,21-22H2,1-4H3/b24-23+/t28-,29-/m0/s1. The Morgan fingerprint density at radius 1 is 0.897 bits per heavy atom. The van der Waals surface area contributed by atoms with Gasteiger partial charge in [0.25, 0.3) is 0 Å². The van der Waals surface area contributed by atoms with Crippen molar-refractivity contribution in [3.05, 3.63) is 119 Å². The minimum atomic E-state index is -1.66. The number of hydrogen-bond donors (Lipinski definition) is 1. The van der Waals surface area contributed by atoms with E-state index in [1.54, 1.807) is 17.9 Å². The van der Waals surface area contributed by atoms with Crippen molar-refractivity contribution in [2.75, 3.05) is 6.54 Å². The maximum Gasteiger partial charge on any atom is 0.410 e. The van der Waals surface area contributed by atoms with Crippen LogP contribution in [0.25, 0.3) is 0 Å². The molecule has 3 aromatic rings. The SMILES string of the molecule is C/C(=C\[C@@H]1CCCN1C(=O)OC(C)(C)C)C(=O)O[C@@H](c1ccccc1)C(O)(c1ccccc1)c1ccccc1. The van der Waals surface area contributed by atoms with Crippen LogP contribution in [0, 0.1) is 0 Å². The van der Waals surface area contributed by atoms with Gasteiger partial charge in [0, 0.05) is 12.1 Å². The smallest absolute Gasteiger partial charge is 0.410 e. The Labute approximate surface area is 230 Å². The summed E-state index contributed by atoms with van der Waals surface area (Å²) in [5.74, 6) is -0.565. The van der Waals surface area contributed by atoms with Gasteiger partial charge in [0.15, 0.2) is 11.7 Å². The number of esters is 1. The number of rotatable bonds is 7. The van der Waals surface area contributed by atoms with Crippen LogP contribution in [0.1, 0.15) is 63.3 Å². The molecule has 1 fully saturated rings. The van der Waals surface area contributed by atoms with Crippen LogP contribution < -0.4 is 0 Å². The van der Waals surface area contributed by atoms with Gasteiger partial charge in [0.2, 0.25) is 0 Å². The lowest BCUT2D eigenvalue weighted by atomic mass is 9.79. The highest BCUT2D eigenvalue weighted by Crippen LogP contribution is 2.43. The Kier molecular flexibility index (Phi) is 8.56. The molecular formula is C33H37NO5. The lowest BCUT2D eigenvalue weighted by Gasteiger charge is -2.37. The van der Waals surface area contributed by atoms with Gasteiger partial charge < -0.3 is 19.5 Å². The molecule has 0 bridgehead atoms. The highest BCUT2D eigenvalue weighted by Gasteiger charge is 2.44. The molecule has 1 saturated heterocycles. The Morgan fingerprint density at radius 2 is 1.41 bits per heavy atom. The monoisotopic (exact) mass is 527 g/mol. The maximum atomic E-state index is 13.6. The molecule has 6 nitrogen and oxygen atoms in total. The van der Waals surface area contributed by atoms with Crippen LogP contribution in [0.3, 0.4) is 0 Å². The van der Waals surface area contributed by atoms with Crippen LogP contribution in [0.4, 0.5) is 4.79 Å². The summed E-state index contributed by atoms with van der Waals surface area (Å²) in [5.41, 5.74) is -0.0393. The zero-order chi connectivity index (χ0) is 28.0. The first-order valence-electron chi connectivity index (χ1n) is 13.4. The summed E-state index contributed by atoms with van der Waals surface area (Å²) >= 11 is 0. The van der Waals surface area contributed by atoms with E-state index in [0.29, 0.717) is 28.8 Å². The van der Waals surface area contributed by atoms with E-state index in [9.17, 15) is 14.7 Å². The second-order valence-corrected chi connectivity index (χ2v) is 10.9. The molecule has 0 aromatic heterocycles. The molecular weight excluding hydrogens is 490 g/mol. The van der Waals surface area contributed by atoms with E-state index in [-0.39, 0.29) is 6.04 Å². The summed E-state index contributed by atoms with van der Waals surface area (Å²) in [6, 6.07) is 27.5. The quantitative estimate of drug-likeness (QED) is 0.278. The molecule has 0 radical (unpaired) electrons. The number of nitrogens with zero attached hydrogens (tertiary/aromatic N) is 1. The zero-order valence-electron chi connectivity index (χ0n) is 23.0. The number of aliphatic hydroxyl groups is 1. The molecule has 204 valence electrons. The van der Waals surface area contributed by atoms with Crippen LogP contribution in [0.5, 0.6) is 0 Å². The van der Waals surface area contributed by atoms with Crippen LogP contribution in [-0.4, -0.2) is 40.3 Å². The summed E-state index contributed by atoms with van der Waals surface area (Å²) in [6.07, 6.45) is 1.88. The van der Waals surface area contributed by atoms with E-state index >= 15 is 0 Å². The van der Waals surface area contributed by atoms with Crippen molar-refractivity contribution in [3.8, 4) is 0 Å². The average Bonchev–Trinajstić information content (AvgIpc) is 3.40. The molecule has 0 spiro atoms. The number of likely N-dealkylation sites (tertiary alicyclic amines) is 1. The van der Waals surface area contributed by atoms with E-state index in [2.05, 4.69) is 0 Å². The topological polar surface area (TPSA) is 76.1 Å². The van der Waals surface area contributed by atoms with Crippen molar-refractivity contribution in [2.45, 2.75) is 63.9 Å². The van der Waals surface area contributed by atoms with Crippen LogP contribution in [0.15, 0.2) is 103 Å². The Balaban J connectivity index is 1.68. The van der Waals surface area contributed by atoms with Crippen molar-refractivity contribution in [3.63, 3.8) is 0 Å². The normalized spacial score (nSPS) is 17.0. The molecule has 6 heteroatoms. The van der Waals surface area contributed by atoms with Crippen molar-refractivity contribution in [1.82, 2.24) is 4.90 Å². The molecule has 39 heavy (non-hydrogen) atoms. The zero-order valence-corrected chi connectivity index (χ0v) is 23.0. The van der Waals surface area contributed by atoms with Crippen molar-refractivity contribution < 1.29 is 24.2 Å². The molecule has 1 aliphatic rings. The number of carbonyl (C=O) groups is 2. The number of hydrogen-bond acceptors (Lipinski definition) is 5. The fourth-order valence-electron chi connectivity index (χ4n) is 4.95. The Bertz CT molecular complexity index is 1240. The summed E-state index contributed by atoms with van der Waals surface area (Å²) in [4.78, 5) is 28.0. The third kappa shape index (κ3) is 6.58. The lowest BCUT2D eigenvalue weighted by Crippen LogP contribution is -2.39. The molecule has 0 aliphatic carbocycles. The molecule has 1 amide bonds. The van der Waals surface area contributed by atoms with Crippen molar-refractivity contribution >= 4 is 12.1 Å². The first-order chi connectivity index (χ1) is 18.6. The van der Waals surface area contributed by atoms with Crippen LogP contribution >= 0.6 is 0 Å². The van der Waals surface area contributed by atoms with Gasteiger partial charge in [-0.15, -0.1) is 0 Å². The third-order valence-electron chi connectivity index (χ3n) is 6.83. The van der Waals surface area contributed by atoms with E-state index in [1.165, 1.54) is 0 Å². The van der Waals surface area contributed by atoms with Gasteiger partial charge in [-0.3, -0.25) is 0 Å². The van der Waals surface area contributed by atoms with Gasteiger partial charge in [-0.1, -0.05) is 97.1 Å².